The van der Waals surface area contributed by atoms with Gasteiger partial charge in [-0.05, 0) is 42.9 Å². The van der Waals surface area contributed by atoms with Gasteiger partial charge >= 0.3 is 5.97 Å². The molecule has 1 amide bonds. The maximum Gasteiger partial charge on any atom is 0.323 e. The zero-order chi connectivity index (χ0) is 17.3. The Bertz CT molecular complexity index is 645. The molecule has 3 rings (SSSR count). The molecule has 2 fully saturated rings. The van der Waals surface area contributed by atoms with E-state index in [0.29, 0.717) is 42.5 Å². The number of aliphatic carboxylic acids is 1. The summed E-state index contributed by atoms with van der Waals surface area (Å²) in [7, 11) is 0. The van der Waals surface area contributed by atoms with Gasteiger partial charge in [-0.2, -0.15) is 0 Å². The van der Waals surface area contributed by atoms with Crippen molar-refractivity contribution < 1.29 is 19.4 Å². The second-order valence-corrected chi connectivity index (χ2v) is 7.16. The molecular formula is C17H19Cl2NO4. The maximum atomic E-state index is 12.9. The number of ether oxygens (including phenoxy) is 1. The smallest absolute Gasteiger partial charge is 0.323 e. The van der Waals surface area contributed by atoms with Gasteiger partial charge in [-0.15, -0.1) is 0 Å². The average molecular weight is 372 g/mol. The van der Waals surface area contributed by atoms with Crippen LogP contribution >= 0.6 is 23.2 Å². The van der Waals surface area contributed by atoms with Crippen LogP contribution in [0.1, 0.15) is 30.7 Å². The second-order valence-electron chi connectivity index (χ2n) is 6.32. The van der Waals surface area contributed by atoms with E-state index < -0.39 is 5.97 Å². The van der Waals surface area contributed by atoms with Crippen LogP contribution in [0.5, 0.6) is 0 Å². The first-order valence-electron chi connectivity index (χ1n) is 8.02. The number of hydrogen-bond donors (Lipinski definition) is 1. The van der Waals surface area contributed by atoms with Crippen LogP contribution in [0.3, 0.4) is 0 Å². The molecule has 2 aliphatic rings. The van der Waals surface area contributed by atoms with E-state index in [0.717, 1.165) is 5.56 Å². The highest BCUT2D eigenvalue weighted by molar-refractivity contribution is 6.35. The summed E-state index contributed by atoms with van der Waals surface area (Å²) in [6.07, 6.45) is 2.05. The zero-order valence-electron chi connectivity index (χ0n) is 13.1. The lowest BCUT2D eigenvalue weighted by molar-refractivity contribution is -0.148. The number of carbonyl (C=O) groups excluding carboxylic acids is 1. The first-order valence-corrected chi connectivity index (χ1v) is 8.78. The summed E-state index contributed by atoms with van der Waals surface area (Å²) in [5.41, 5.74) is 0.904. The van der Waals surface area contributed by atoms with Crippen molar-refractivity contribution in [1.29, 1.82) is 0 Å². The SMILES string of the molecule is O=C(O)CN(C(=O)[C@H]1C[C@@H]1c1ccc(Cl)cc1Cl)C1CCOCC1. The summed E-state index contributed by atoms with van der Waals surface area (Å²) in [6.45, 7) is 0.859. The van der Waals surface area contributed by atoms with E-state index in [-0.39, 0.29) is 30.3 Å². The first kappa shape index (κ1) is 17.5. The van der Waals surface area contributed by atoms with Gasteiger partial charge in [0.1, 0.15) is 6.54 Å². The Morgan fingerprint density at radius 2 is 1.96 bits per heavy atom. The summed E-state index contributed by atoms with van der Waals surface area (Å²) in [4.78, 5) is 25.6. The van der Waals surface area contributed by atoms with Crippen molar-refractivity contribution in [2.75, 3.05) is 19.8 Å². The van der Waals surface area contributed by atoms with Crippen molar-refractivity contribution in [2.24, 2.45) is 5.92 Å². The summed E-state index contributed by atoms with van der Waals surface area (Å²) in [5.74, 6) is -1.25. The summed E-state index contributed by atoms with van der Waals surface area (Å²) in [6, 6.07) is 5.21. The third kappa shape index (κ3) is 3.85. The van der Waals surface area contributed by atoms with Gasteiger partial charge in [0.05, 0.1) is 0 Å². The zero-order valence-corrected chi connectivity index (χ0v) is 14.6. The van der Waals surface area contributed by atoms with E-state index >= 15 is 0 Å². The summed E-state index contributed by atoms with van der Waals surface area (Å²) < 4.78 is 5.31. The molecule has 2 atom stereocenters. The lowest BCUT2D eigenvalue weighted by Gasteiger charge is -2.33. The Morgan fingerprint density at radius 1 is 1.25 bits per heavy atom. The Balaban J connectivity index is 1.72. The van der Waals surface area contributed by atoms with Crippen LogP contribution < -0.4 is 0 Å². The van der Waals surface area contributed by atoms with Crippen molar-refractivity contribution in [3.8, 4) is 0 Å². The Labute approximate surface area is 150 Å². The standard InChI is InChI=1S/C17H19Cl2NO4/c18-10-1-2-12(15(19)7-10)13-8-14(13)17(23)20(9-16(21)22)11-3-5-24-6-4-11/h1-2,7,11,13-14H,3-6,8-9H2,(H,21,22)/t13-,14+/m1/s1. The molecule has 1 aliphatic heterocycles. The number of carboxylic acid groups (broad SMARTS) is 1. The molecule has 7 heteroatoms. The number of benzene rings is 1. The van der Waals surface area contributed by atoms with Crippen LogP contribution in [0.15, 0.2) is 18.2 Å². The molecule has 1 aliphatic carbocycles. The number of hydrogen-bond acceptors (Lipinski definition) is 3. The molecule has 0 radical (unpaired) electrons. The first-order chi connectivity index (χ1) is 11.5. The van der Waals surface area contributed by atoms with Crippen LogP contribution in [-0.4, -0.2) is 47.7 Å². The van der Waals surface area contributed by atoms with Gasteiger partial charge < -0.3 is 14.7 Å². The Hall–Kier alpha value is -1.30. The lowest BCUT2D eigenvalue weighted by atomic mass is 10.0. The predicted molar refractivity (Wildman–Crippen MR) is 90.5 cm³/mol. The molecule has 5 nitrogen and oxygen atoms in total. The molecule has 0 unspecified atom stereocenters. The minimum atomic E-state index is -0.989. The Morgan fingerprint density at radius 3 is 2.58 bits per heavy atom. The van der Waals surface area contributed by atoms with Crippen molar-refractivity contribution in [3.63, 3.8) is 0 Å². The van der Waals surface area contributed by atoms with Crippen LogP contribution in [-0.2, 0) is 14.3 Å². The quantitative estimate of drug-likeness (QED) is 0.862. The highest BCUT2D eigenvalue weighted by Gasteiger charge is 2.48. The number of carbonyl (C=O) groups is 2. The largest absolute Gasteiger partial charge is 0.480 e. The maximum absolute atomic E-state index is 12.9. The lowest BCUT2D eigenvalue weighted by Crippen LogP contribution is -2.46. The number of halogens is 2. The molecule has 1 heterocycles. The van der Waals surface area contributed by atoms with E-state index in [1.807, 2.05) is 6.07 Å². The van der Waals surface area contributed by atoms with Crippen molar-refractivity contribution >= 4 is 35.1 Å². The molecule has 0 aromatic heterocycles. The van der Waals surface area contributed by atoms with Gasteiger partial charge in [0.2, 0.25) is 5.91 Å². The highest BCUT2D eigenvalue weighted by atomic mass is 35.5. The van der Waals surface area contributed by atoms with Crippen molar-refractivity contribution in [1.82, 2.24) is 4.90 Å². The van der Waals surface area contributed by atoms with E-state index in [1.165, 1.54) is 4.90 Å². The fraction of sp³-hybridized carbons (Fsp3) is 0.529. The topological polar surface area (TPSA) is 66.8 Å². The van der Waals surface area contributed by atoms with Gasteiger partial charge in [0, 0.05) is 35.2 Å². The number of nitrogens with zero attached hydrogens (tertiary/aromatic N) is 1. The summed E-state index contributed by atoms with van der Waals surface area (Å²) in [5, 5.41) is 10.3. The molecule has 1 saturated carbocycles. The van der Waals surface area contributed by atoms with Crippen LogP contribution in [0.2, 0.25) is 10.0 Å². The van der Waals surface area contributed by atoms with Gasteiger partial charge in [-0.1, -0.05) is 29.3 Å². The Kier molecular flexibility index (Phi) is 5.33. The van der Waals surface area contributed by atoms with Gasteiger partial charge in [0.15, 0.2) is 0 Å². The fourth-order valence-corrected chi connectivity index (χ4v) is 3.90. The molecule has 1 aromatic carbocycles. The molecule has 130 valence electrons. The van der Waals surface area contributed by atoms with Gasteiger partial charge in [-0.3, -0.25) is 9.59 Å². The fourth-order valence-electron chi connectivity index (χ4n) is 3.36. The number of amides is 1. The number of carboxylic acids is 1. The van der Waals surface area contributed by atoms with Crippen molar-refractivity contribution in [3.05, 3.63) is 33.8 Å². The van der Waals surface area contributed by atoms with Gasteiger partial charge in [0.25, 0.3) is 0 Å². The van der Waals surface area contributed by atoms with E-state index in [2.05, 4.69) is 0 Å². The highest BCUT2D eigenvalue weighted by Crippen LogP contribution is 2.51. The van der Waals surface area contributed by atoms with Crippen LogP contribution in [0.4, 0.5) is 0 Å². The molecule has 1 saturated heterocycles. The van der Waals surface area contributed by atoms with E-state index in [1.54, 1.807) is 12.1 Å². The summed E-state index contributed by atoms with van der Waals surface area (Å²) >= 11 is 12.1. The van der Waals surface area contributed by atoms with Crippen LogP contribution in [0, 0.1) is 5.92 Å². The van der Waals surface area contributed by atoms with Crippen molar-refractivity contribution in [2.45, 2.75) is 31.2 Å². The average Bonchev–Trinajstić information content (AvgIpc) is 3.33. The molecule has 0 bridgehead atoms. The molecular weight excluding hydrogens is 353 g/mol. The molecule has 1 aromatic rings. The molecule has 0 spiro atoms. The predicted octanol–water partition coefficient (Wildman–Crippen LogP) is 3.19. The third-order valence-corrected chi connectivity index (χ3v) is 5.25. The minimum Gasteiger partial charge on any atom is -0.480 e. The van der Waals surface area contributed by atoms with Gasteiger partial charge in [-0.25, -0.2) is 0 Å². The second kappa shape index (κ2) is 7.30. The third-order valence-electron chi connectivity index (χ3n) is 4.69. The monoisotopic (exact) mass is 371 g/mol. The van der Waals surface area contributed by atoms with E-state index in [9.17, 15) is 9.59 Å². The normalized spacial score (nSPS) is 23.8. The molecule has 1 N–H and O–H groups in total. The molecule has 24 heavy (non-hydrogen) atoms. The minimum absolute atomic E-state index is 0.0402. The van der Waals surface area contributed by atoms with Crippen LogP contribution in [0.25, 0.3) is 0 Å². The van der Waals surface area contributed by atoms with E-state index in [4.69, 9.17) is 33.0 Å². The number of rotatable bonds is 5.